The number of pyridine rings is 1. The fourth-order valence-electron chi connectivity index (χ4n) is 2.55. The topological polar surface area (TPSA) is 111 Å². The van der Waals surface area contributed by atoms with Crippen LogP contribution in [0.1, 0.15) is 22.3 Å². The third-order valence-electron chi connectivity index (χ3n) is 3.82. The third-order valence-corrected chi connectivity index (χ3v) is 3.82. The molecule has 0 radical (unpaired) electrons. The molecule has 1 N–H and O–H groups in total. The van der Waals surface area contributed by atoms with E-state index in [4.69, 9.17) is 0 Å². The number of aromatic nitrogens is 1. The predicted molar refractivity (Wildman–Crippen MR) is 85.1 cm³/mol. The molecule has 1 aromatic heterocycles. The Bertz CT molecular complexity index is 916. The minimum atomic E-state index is -0.623. The fourth-order valence-corrected chi connectivity index (χ4v) is 2.55. The molecule has 0 saturated carbocycles. The Balaban J connectivity index is 1.86. The number of aryl methyl sites for hydroxylation is 1. The highest BCUT2D eigenvalue weighted by Crippen LogP contribution is 2.23. The van der Waals surface area contributed by atoms with E-state index >= 15 is 0 Å². The lowest BCUT2D eigenvalue weighted by Gasteiger charge is -2.17. The van der Waals surface area contributed by atoms with Crippen LogP contribution >= 0.6 is 0 Å². The molecule has 3 rings (SSSR count). The third kappa shape index (κ3) is 3.07. The molecular weight excluding hydrogens is 314 g/mol. The molecule has 122 valence electrons. The summed E-state index contributed by atoms with van der Waals surface area (Å²) in [6.45, 7) is -0.286. The maximum absolute atomic E-state index is 12.4. The average molecular weight is 327 g/mol. The van der Waals surface area contributed by atoms with Crippen molar-refractivity contribution in [2.45, 2.75) is 19.4 Å². The van der Waals surface area contributed by atoms with Crippen LogP contribution in [0.4, 0.5) is 11.4 Å². The summed E-state index contributed by atoms with van der Waals surface area (Å²) in [4.78, 5) is 45.6. The number of anilines is 1. The van der Waals surface area contributed by atoms with Crippen LogP contribution in [-0.4, -0.2) is 21.2 Å². The monoisotopic (exact) mass is 327 g/mol. The van der Waals surface area contributed by atoms with Gasteiger partial charge in [-0.1, -0.05) is 0 Å². The van der Waals surface area contributed by atoms with Gasteiger partial charge in [0.25, 0.3) is 11.2 Å². The van der Waals surface area contributed by atoms with E-state index in [1.165, 1.54) is 0 Å². The second-order valence-corrected chi connectivity index (χ2v) is 5.45. The summed E-state index contributed by atoms with van der Waals surface area (Å²) in [6, 6.07) is 7.06. The highest BCUT2D eigenvalue weighted by Gasteiger charge is 2.17. The van der Waals surface area contributed by atoms with Gasteiger partial charge in [-0.2, -0.15) is 0 Å². The molecule has 2 aromatic rings. The summed E-state index contributed by atoms with van der Waals surface area (Å²) in [7, 11) is 0. The van der Waals surface area contributed by atoms with Gasteiger partial charge >= 0.3 is 0 Å². The van der Waals surface area contributed by atoms with Gasteiger partial charge in [0.05, 0.1) is 17.7 Å². The molecule has 0 bridgehead atoms. The smallest absolute Gasteiger partial charge is 0.285 e. The molecule has 0 unspecified atom stereocenters. The van der Waals surface area contributed by atoms with E-state index in [1.807, 2.05) is 0 Å². The quantitative estimate of drug-likeness (QED) is 0.520. The average Bonchev–Trinajstić information content (AvgIpc) is 2.56. The van der Waals surface area contributed by atoms with Crippen LogP contribution in [0, 0.1) is 10.1 Å². The van der Waals surface area contributed by atoms with Gasteiger partial charge in [0, 0.05) is 29.8 Å². The summed E-state index contributed by atoms with van der Waals surface area (Å²) < 4.78 is 1.02. The number of benzene rings is 1. The van der Waals surface area contributed by atoms with Gasteiger partial charge in [0.15, 0.2) is 5.78 Å². The van der Waals surface area contributed by atoms with Crippen molar-refractivity contribution in [2.24, 2.45) is 0 Å². The first-order chi connectivity index (χ1) is 11.4. The summed E-state index contributed by atoms with van der Waals surface area (Å²) in [6.07, 6.45) is 1.95. The Morgan fingerprint density at radius 2 is 2.00 bits per heavy atom. The molecule has 1 aromatic carbocycles. The summed E-state index contributed by atoms with van der Waals surface area (Å²) in [5.41, 5.74) is 1.18. The standard InChI is InChI=1S/C16H13N3O5/c20-14(9-18-8-12(19(23)24)3-6-16(18)22)11-1-4-13-10(7-11)2-5-15(21)17-13/h1,3-4,6-8H,2,5,9H2,(H,17,21). The van der Waals surface area contributed by atoms with E-state index in [0.717, 1.165) is 28.5 Å². The molecule has 0 saturated heterocycles. The molecule has 8 heteroatoms. The van der Waals surface area contributed by atoms with E-state index in [1.54, 1.807) is 18.2 Å². The van der Waals surface area contributed by atoms with E-state index in [-0.39, 0.29) is 23.9 Å². The molecule has 1 amide bonds. The Hall–Kier alpha value is -3.29. The van der Waals surface area contributed by atoms with Crippen LogP contribution in [0.2, 0.25) is 0 Å². The van der Waals surface area contributed by atoms with Crippen molar-refractivity contribution in [3.05, 3.63) is 68.1 Å². The van der Waals surface area contributed by atoms with Crippen molar-refractivity contribution < 1.29 is 14.5 Å². The highest BCUT2D eigenvalue weighted by molar-refractivity contribution is 5.98. The highest BCUT2D eigenvalue weighted by atomic mass is 16.6. The van der Waals surface area contributed by atoms with Crippen LogP contribution in [0.25, 0.3) is 0 Å². The molecule has 1 aliphatic rings. The Labute approximate surface area is 135 Å². The number of rotatable bonds is 4. The minimum Gasteiger partial charge on any atom is -0.326 e. The number of Topliss-reactive ketones (excluding diaryl/α,β-unsaturated/α-hetero) is 1. The number of nitrogens with one attached hydrogen (secondary N) is 1. The van der Waals surface area contributed by atoms with Gasteiger partial charge in [-0.15, -0.1) is 0 Å². The number of amides is 1. The van der Waals surface area contributed by atoms with E-state index in [0.29, 0.717) is 24.1 Å². The van der Waals surface area contributed by atoms with Crippen LogP contribution in [0.3, 0.4) is 0 Å². The number of carbonyl (C=O) groups is 2. The molecule has 24 heavy (non-hydrogen) atoms. The Morgan fingerprint density at radius 3 is 2.75 bits per heavy atom. The molecule has 0 aliphatic carbocycles. The normalized spacial score (nSPS) is 13.1. The zero-order valence-electron chi connectivity index (χ0n) is 12.5. The van der Waals surface area contributed by atoms with Crippen molar-refractivity contribution in [1.82, 2.24) is 4.57 Å². The maximum Gasteiger partial charge on any atom is 0.285 e. The fraction of sp³-hybridized carbons (Fsp3) is 0.188. The molecule has 2 heterocycles. The van der Waals surface area contributed by atoms with Gasteiger partial charge in [-0.25, -0.2) is 0 Å². The van der Waals surface area contributed by atoms with E-state index in [9.17, 15) is 24.5 Å². The molecule has 8 nitrogen and oxygen atoms in total. The summed E-state index contributed by atoms with van der Waals surface area (Å²) in [5, 5.41) is 13.5. The van der Waals surface area contributed by atoms with Crippen molar-refractivity contribution in [3.8, 4) is 0 Å². The van der Waals surface area contributed by atoms with Crippen LogP contribution in [0.15, 0.2) is 41.3 Å². The Morgan fingerprint density at radius 1 is 1.21 bits per heavy atom. The van der Waals surface area contributed by atoms with Gasteiger partial charge in [-0.05, 0) is 30.2 Å². The zero-order valence-corrected chi connectivity index (χ0v) is 12.5. The number of nitro groups is 1. The summed E-state index contributed by atoms with van der Waals surface area (Å²) >= 11 is 0. The number of hydrogen-bond acceptors (Lipinski definition) is 5. The van der Waals surface area contributed by atoms with E-state index in [2.05, 4.69) is 5.32 Å². The van der Waals surface area contributed by atoms with Gasteiger partial charge < -0.3 is 9.88 Å². The summed E-state index contributed by atoms with van der Waals surface area (Å²) in [5.74, 6) is -0.401. The lowest BCUT2D eigenvalue weighted by molar-refractivity contribution is -0.385. The van der Waals surface area contributed by atoms with Crippen LogP contribution in [0.5, 0.6) is 0 Å². The second kappa shape index (κ2) is 6.07. The van der Waals surface area contributed by atoms with Gasteiger partial charge in [0.1, 0.15) is 0 Å². The maximum atomic E-state index is 12.4. The molecule has 0 atom stereocenters. The molecule has 0 spiro atoms. The van der Waals surface area contributed by atoms with Gasteiger partial charge in [-0.3, -0.25) is 24.5 Å². The minimum absolute atomic E-state index is 0.0651. The molecule has 1 aliphatic heterocycles. The zero-order chi connectivity index (χ0) is 17.3. The SMILES string of the molecule is O=C1CCc2cc(C(=O)Cn3cc([N+](=O)[O-])ccc3=O)ccc2N1. The molecule has 0 fully saturated rings. The number of nitrogens with zero attached hydrogens (tertiary/aromatic N) is 2. The van der Waals surface area contributed by atoms with Crippen molar-refractivity contribution >= 4 is 23.1 Å². The second-order valence-electron chi connectivity index (χ2n) is 5.45. The van der Waals surface area contributed by atoms with Gasteiger partial charge in [0.2, 0.25) is 5.91 Å². The predicted octanol–water partition coefficient (Wildman–Crippen LogP) is 1.52. The number of hydrogen-bond donors (Lipinski definition) is 1. The Kier molecular flexibility index (Phi) is 3.95. The van der Waals surface area contributed by atoms with E-state index < -0.39 is 10.5 Å². The lowest BCUT2D eigenvalue weighted by Crippen LogP contribution is -2.24. The van der Waals surface area contributed by atoms with Crippen LogP contribution in [-0.2, 0) is 17.8 Å². The first kappa shape index (κ1) is 15.6. The molecular formula is C16H13N3O5. The largest absolute Gasteiger partial charge is 0.326 e. The number of carbonyl (C=O) groups excluding carboxylic acids is 2. The first-order valence-electron chi connectivity index (χ1n) is 7.25. The number of fused-ring (bicyclic) bond motifs is 1. The van der Waals surface area contributed by atoms with Crippen molar-refractivity contribution in [3.63, 3.8) is 0 Å². The first-order valence-corrected chi connectivity index (χ1v) is 7.25. The van der Waals surface area contributed by atoms with Crippen molar-refractivity contribution in [1.29, 1.82) is 0 Å². The van der Waals surface area contributed by atoms with Crippen LogP contribution < -0.4 is 10.9 Å². The lowest BCUT2D eigenvalue weighted by atomic mass is 9.99. The number of ketones is 1. The van der Waals surface area contributed by atoms with Crippen molar-refractivity contribution in [2.75, 3.05) is 5.32 Å².